The number of aromatic carboxylic acids is 1. The summed E-state index contributed by atoms with van der Waals surface area (Å²) in [6, 6.07) is 4.07. The number of methoxy groups -OCH3 is 1. The van der Waals surface area contributed by atoms with Crippen molar-refractivity contribution in [3.63, 3.8) is 0 Å². The quantitative estimate of drug-likeness (QED) is 0.876. The molecular formula is C19H21FN2O5. The van der Waals surface area contributed by atoms with Gasteiger partial charge in [0.2, 0.25) is 0 Å². The first-order chi connectivity index (χ1) is 13.0. The van der Waals surface area contributed by atoms with Gasteiger partial charge in [0.1, 0.15) is 0 Å². The highest BCUT2D eigenvalue weighted by atomic mass is 19.1. The van der Waals surface area contributed by atoms with E-state index in [0.29, 0.717) is 24.5 Å². The summed E-state index contributed by atoms with van der Waals surface area (Å²) < 4.78 is 29.9. The lowest BCUT2D eigenvalue weighted by Crippen LogP contribution is -2.44. The van der Waals surface area contributed by atoms with Crippen LogP contribution in [0.5, 0.6) is 5.75 Å². The Labute approximate surface area is 155 Å². The summed E-state index contributed by atoms with van der Waals surface area (Å²) in [7, 11) is 1.35. The number of rotatable bonds is 4. The molecule has 1 aromatic carbocycles. The molecule has 0 unspecified atom stereocenters. The fourth-order valence-corrected chi connectivity index (χ4v) is 3.96. The maximum Gasteiger partial charge on any atom is 0.343 e. The number of hydrogen-bond acceptors (Lipinski definition) is 6. The molecule has 0 amide bonds. The lowest BCUT2D eigenvalue weighted by molar-refractivity contribution is -0.0147. The normalized spacial score (nSPS) is 18.8. The molecule has 8 heteroatoms. The molecule has 4 rings (SSSR count). The van der Waals surface area contributed by atoms with Gasteiger partial charge in [0.05, 0.1) is 12.7 Å². The van der Waals surface area contributed by atoms with Crippen LogP contribution in [0.4, 0.5) is 10.2 Å². The van der Waals surface area contributed by atoms with Gasteiger partial charge >= 0.3 is 5.97 Å². The molecule has 0 radical (unpaired) electrons. The maximum absolute atomic E-state index is 13.7. The molecule has 1 spiro atoms. The molecule has 2 aromatic rings. The fraction of sp³-hybridized carbons (Fsp3) is 0.474. The largest absolute Gasteiger partial charge is 0.494 e. The van der Waals surface area contributed by atoms with Crippen LogP contribution in [0.3, 0.4) is 0 Å². The molecule has 2 fully saturated rings. The van der Waals surface area contributed by atoms with Crippen LogP contribution in [0.25, 0.3) is 11.3 Å². The Morgan fingerprint density at radius 2 is 2.11 bits per heavy atom. The number of benzene rings is 1. The lowest BCUT2D eigenvalue weighted by atomic mass is 9.88. The second kappa shape index (κ2) is 6.84. The van der Waals surface area contributed by atoms with Crippen LogP contribution in [0.2, 0.25) is 0 Å². The van der Waals surface area contributed by atoms with Gasteiger partial charge < -0.3 is 24.0 Å². The number of piperidine rings is 1. The molecule has 2 aliphatic rings. The van der Waals surface area contributed by atoms with Gasteiger partial charge in [0.25, 0.3) is 0 Å². The van der Waals surface area contributed by atoms with Crippen LogP contribution < -0.4 is 9.64 Å². The van der Waals surface area contributed by atoms with E-state index in [2.05, 4.69) is 5.16 Å². The van der Waals surface area contributed by atoms with Gasteiger partial charge in [-0.1, -0.05) is 5.16 Å². The van der Waals surface area contributed by atoms with Crippen LogP contribution in [-0.4, -0.2) is 48.6 Å². The van der Waals surface area contributed by atoms with E-state index in [0.717, 1.165) is 32.3 Å². The molecule has 0 aliphatic carbocycles. The number of anilines is 1. The number of aromatic nitrogens is 1. The second-order valence-corrected chi connectivity index (χ2v) is 6.99. The van der Waals surface area contributed by atoms with Crippen molar-refractivity contribution < 1.29 is 28.3 Å². The third-order valence-electron chi connectivity index (χ3n) is 5.46. The summed E-state index contributed by atoms with van der Waals surface area (Å²) in [5, 5.41) is 13.8. The first kappa shape index (κ1) is 17.8. The van der Waals surface area contributed by atoms with Crippen molar-refractivity contribution >= 4 is 11.8 Å². The highest BCUT2D eigenvalue weighted by molar-refractivity contribution is 5.99. The summed E-state index contributed by atoms with van der Waals surface area (Å²) in [5.74, 6) is -1.26. The molecular weight excluding hydrogens is 355 g/mol. The molecule has 2 aliphatic heterocycles. The first-order valence-corrected chi connectivity index (χ1v) is 8.99. The molecule has 3 heterocycles. The smallest absolute Gasteiger partial charge is 0.343 e. The first-order valence-electron chi connectivity index (χ1n) is 8.99. The minimum absolute atomic E-state index is 0.0140. The van der Waals surface area contributed by atoms with Gasteiger partial charge in [-0.05, 0) is 43.9 Å². The molecule has 27 heavy (non-hydrogen) atoms. The Morgan fingerprint density at radius 3 is 2.74 bits per heavy atom. The predicted octanol–water partition coefficient (Wildman–Crippen LogP) is 3.34. The van der Waals surface area contributed by atoms with Crippen molar-refractivity contribution in [2.45, 2.75) is 31.3 Å². The van der Waals surface area contributed by atoms with E-state index in [1.807, 2.05) is 4.90 Å². The summed E-state index contributed by atoms with van der Waals surface area (Å²) in [5.41, 5.74) is 0.306. The SMILES string of the molecule is COc1cc(-c2onc(N3CCC4(CCCO4)CC3)c2C(=O)O)ccc1F. The zero-order valence-corrected chi connectivity index (χ0v) is 15.0. The van der Waals surface area contributed by atoms with Gasteiger partial charge in [-0.15, -0.1) is 0 Å². The highest BCUT2D eigenvalue weighted by Gasteiger charge is 2.40. The van der Waals surface area contributed by atoms with Gasteiger partial charge in [-0.3, -0.25) is 0 Å². The minimum atomic E-state index is -1.14. The van der Waals surface area contributed by atoms with Crippen molar-refractivity contribution in [2.24, 2.45) is 0 Å². The van der Waals surface area contributed by atoms with E-state index in [4.69, 9.17) is 14.0 Å². The number of carbonyl (C=O) groups is 1. The van der Waals surface area contributed by atoms with Crippen molar-refractivity contribution in [3.8, 4) is 17.1 Å². The Bertz CT molecular complexity index is 850. The van der Waals surface area contributed by atoms with Crippen molar-refractivity contribution in [1.82, 2.24) is 5.16 Å². The van der Waals surface area contributed by atoms with E-state index >= 15 is 0 Å². The molecule has 1 aromatic heterocycles. The Morgan fingerprint density at radius 1 is 1.33 bits per heavy atom. The van der Waals surface area contributed by atoms with Gasteiger partial charge in [0, 0.05) is 25.3 Å². The monoisotopic (exact) mass is 376 g/mol. The molecule has 1 N–H and O–H groups in total. The van der Waals surface area contributed by atoms with Gasteiger partial charge in [0.15, 0.2) is 28.7 Å². The van der Waals surface area contributed by atoms with Crippen LogP contribution in [-0.2, 0) is 4.74 Å². The van der Waals surface area contributed by atoms with Crippen LogP contribution in [0.1, 0.15) is 36.0 Å². The molecule has 0 atom stereocenters. The molecule has 144 valence electrons. The van der Waals surface area contributed by atoms with Crippen molar-refractivity contribution in [3.05, 3.63) is 29.6 Å². The topological polar surface area (TPSA) is 85.0 Å². The Kier molecular flexibility index (Phi) is 4.51. The lowest BCUT2D eigenvalue weighted by Gasteiger charge is -2.38. The van der Waals surface area contributed by atoms with E-state index in [-0.39, 0.29) is 22.7 Å². The summed E-state index contributed by atoms with van der Waals surface area (Å²) in [6.07, 6.45) is 3.78. The van der Waals surface area contributed by atoms with Crippen molar-refractivity contribution in [2.75, 3.05) is 31.7 Å². The van der Waals surface area contributed by atoms with E-state index in [1.54, 1.807) is 0 Å². The summed E-state index contributed by atoms with van der Waals surface area (Å²) in [4.78, 5) is 13.9. The Hall–Kier alpha value is -2.61. The van der Waals surface area contributed by atoms with Crippen LogP contribution in [0, 0.1) is 5.82 Å². The van der Waals surface area contributed by atoms with E-state index in [9.17, 15) is 14.3 Å². The van der Waals surface area contributed by atoms with E-state index < -0.39 is 11.8 Å². The second-order valence-electron chi connectivity index (χ2n) is 6.99. The molecule has 0 bridgehead atoms. The van der Waals surface area contributed by atoms with E-state index in [1.165, 1.54) is 25.3 Å². The third kappa shape index (κ3) is 3.14. The Balaban J connectivity index is 1.65. The van der Waals surface area contributed by atoms with Crippen LogP contribution in [0.15, 0.2) is 22.7 Å². The molecule has 2 saturated heterocycles. The number of halogens is 1. The number of carboxylic acids is 1. The predicted molar refractivity (Wildman–Crippen MR) is 94.8 cm³/mol. The highest BCUT2D eigenvalue weighted by Crippen LogP contribution is 2.39. The summed E-state index contributed by atoms with van der Waals surface area (Å²) in [6.45, 7) is 2.10. The number of nitrogens with zero attached hydrogens (tertiary/aromatic N) is 2. The number of carboxylic acid groups (broad SMARTS) is 1. The maximum atomic E-state index is 13.7. The van der Waals surface area contributed by atoms with Gasteiger partial charge in [-0.25, -0.2) is 9.18 Å². The minimum Gasteiger partial charge on any atom is -0.494 e. The fourth-order valence-electron chi connectivity index (χ4n) is 3.96. The standard InChI is InChI=1S/C19H21FN2O5/c1-25-14-11-12(3-4-13(14)20)16-15(18(23)24)17(21-27-16)22-8-6-19(7-9-22)5-2-10-26-19/h3-4,11H,2,5-10H2,1H3,(H,23,24). The van der Waals surface area contributed by atoms with Gasteiger partial charge in [-0.2, -0.15) is 0 Å². The number of ether oxygens (including phenoxy) is 2. The number of hydrogen-bond donors (Lipinski definition) is 1. The van der Waals surface area contributed by atoms with Crippen LogP contribution >= 0.6 is 0 Å². The molecule has 0 saturated carbocycles. The zero-order chi connectivity index (χ0) is 19.0. The zero-order valence-electron chi connectivity index (χ0n) is 15.0. The summed E-state index contributed by atoms with van der Waals surface area (Å²) >= 11 is 0. The average molecular weight is 376 g/mol. The van der Waals surface area contributed by atoms with Crippen molar-refractivity contribution in [1.29, 1.82) is 0 Å². The average Bonchev–Trinajstić information content (AvgIpc) is 3.31. The third-order valence-corrected chi connectivity index (χ3v) is 5.46. The molecule has 7 nitrogen and oxygen atoms in total.